The zero-order valence-electron chi connectivity index (χ0n) is 21.6. The summed E-state index contributed by atoms with van der Waals surface area (Å²) in [5, 5.41) is 14.5. The first-order chi connectivity index (χ1) is 19.8. The van der Waals surface area contributed by atoms with Crippen LogP contribution in [0.2, 0.25) is 0 Å². The van der Waals surface area contributed by atoms with Crippen molar-refractivity contribution in [3.05, 3.63) is 145 Å². The van der Waals surface area contributed by atoms with Gasteiger partial charge in [-0.25, -0.2) is 0 Å². The average Bonchev–Trinajstić information content (AvgIpc) is 3.53. The molecule has 0 saturated heterocycles. The van der Waals surface area contributed by atoms with Crippen molar-refractivity contribution in [2.45, 2.75) is 0 Å². The molecule has 0 atom stereocenters. The molecule has 0 N–H and O–H groups in total. The summed E-state index contributed by atoms with van der Waals surface area (Å²) in [4.78, 5) is 0. The van der Waals surface area contributed by atoms with Crippen molar-refractivity contribution in [1.82, 2.24) is 9.13 Å². The third kappa shape index (κ3) is 3.24. The summed E-state index contributed by atoms with van der Waals surface area (Å²) in [6.07, 6.45) is 0. The third-order valence-corrected chi connectivity index (χ3v) is 7.94. The molecule has 0 fully saturated rings. The van der Waals surface area contributed by atoms with Crippen molar-refractivity contribution >= 4 is 43.6 Å². The number of fused-ring (bicyclic) bond motifs is 6. The number of hydrogen-bond acceptors (Lipinski definition) is 1. The van der Waals surface area contributed by atoms with Gasteiger partial charge < -0.3 is 9.13 Å². The fraction of sp³-hybridized carbons (Fsp3) is 0. The highest BCUT2D eigenvalue weighted by Gasteiger charge is 2.18. The second-order valence-corrected chi connectivity index (χ2v) is 10.1. The average molecular weight is 510 g/mol. The fourth-order valence-electron chi connectivity index (χ4n) is 6.23. The first kappa shape index (κ1) is 22.4. The first-order valence-corrected chi connectivity index (χ1v) is 13.4. The lowest BCUT2D eigenvalue weighted by Crippen LogP contribution is -1.99. The Morgan fingerprint density at radius 1 is 0.450 bits per heavy atom. The van der Waals surface area contributed by atoms with Gasteiger partial charge >= 0.3 is 0 Å². The highest BCUT2D eigenvalue weighted by Crippen LogP contribution is 2.38. The second kappa shape index (κ2) is 8.73. The lowest BCUT2D eigenvalue weighted by atomic mass is 10.0. The van der Waals surface area contributed by atoms with E-state index in [1.807, 2.05) is 18.2 Å². The van der Waals surface area contributed by atoms with Gasteiger partial charge in [0.15, 0.2) is 0 Å². The van der Waals surface area contributed by atoms with Gasteiger partial charge in [0.25, 0.3) is 0 Å². The molecule has 0 radical (unpaired) electrons. The third-order valence-electron chi connectivity index (χ3n) is 7.94. The van der Waals surface area contributed by atoms with Crippen LogP contribution in [0.15, 0.2) is 140 Å². The van der Waals surface area contributed by atoms with Crippen LogP contribution in [0.4, 0.5) is 0 Å². The van der Waals surface area contributed by atoms with Gasteiger partial charge in [-0.1, -0.05) is 91.0 Å². The van der Waals surface area contributed by atoms with E-state index in [0.29, 0.717) is 5.56 Å². The Labute approximate surface area is 231 Å². The standard InChI is InChI=1S/C37H23N3/c38-24-25-10-9-11-26(22-25)28-12-1-5-16-33(28)40-36-19-8-4-15-31(36)32-21-20-27(23-37(32)40)39-34-17-6-2-13-29(34)30-14-3-7-18-35(30)39/h1-23H. The number of para-hydroxylation sites is 4. The SMILES string of the molecule is N#Cc1cccc(-c2ccccc2-n2c3ccccc3c3ccc(-n4c5ccccc5c5ccccc54)cc32)c1. The van der Waals surface area contributed by atoms with E-state index in [1.54, 1.807) is 0 Å². The smallest absolute Gasteiger partial charge is 0.0991 e. The van der Waals surface area contributed by atoms with Gasteiger partial charge in [0, 0.05) is 32.8 Å². The van der Waals surface area contributed by atoms with Crippen molar-refractivity contribution in [2.24, 2.45) is 0 Å². The minimum absolute atomic E-state index is 0.656. The largest absolute Gasteiger partial charge is 0.309 e. The highest BCUT2D eigenvalue weighted by molar-refractivity contribution is 6.12. The van der Waals surface area contributed by atoms with Gasteiger partial charge in [-0.05, 0) is 54.1 Å². The second-order valence-electron chi connectivity index (χ2n) is 10.1. The molecule has 40 heavy (non-hydrogen) atoms. The normalized spacial score (nSPS) is 11.5. The van der Waals surface area contributed by atoms with Crippen LogP contribution in [0.5, 0.6) is 0 Å². The first-order valence-electron chi connectivity index (χ1n) is 13.4. The van der Waals surface area contributed by atoms with Gasteiger partial charge in [-0.3, -0.25) is 0 Å². The number of rotatable bonds is 3. The molecular weight excluding hydrogens is 486 g/mol. The van der Waals surface area contributed by atoms with E-state index in [0.717, 1.165) is 33.5 Å². The number of nitrogens with zero attached hydrogens (tertiary/aromatic N) is 3. The summed E-state index contributed by atoms with van der Waals surface area (Å²) >= 11 is 0. The number of aromatic nitrogens is 2. The lowest BCUT2D eigenvalue weighted by Gasteiger charge is -2.15. The Hall–Kier alpha value is -5.59. The van der Waals surface area contributed by atoms with Crippen molar-refractivity contribution < 1.29 is 0 Å². The minimum atomic E-state index is 0.656. The number of nitriles is 1. The van der Waals surface area contributed by atoms with E-state index < -0.39 is 0 Å². The van der Waals surface area contributed by atoms with Gasteiger partial charge in [0.05, 0.1) is 39.4 Å². The molecule has 0 amide bonds. The topological polar surface area (TPSA) is 33.6 Å². The van der Waals surface area contributed by atoms with Crippen LogP contribution in [-0.4, -0.2) is 9.13 Å². The molecule has 0 aliphatic carbocycles. The molecule has 8 aromatic rings. The van der Waals surface area contributed by atoms with Gasteiger partial charge in [-0.15, -0.1) is 0 Å². The van der Waals surface area contributed by atoms with Crippen molar-refractivity contribution in [1.29, 1.82) is 5.26 Å². The molecule has 0 unspecified atom stereocenters. The molecule has 0 aliphatic rings. The maximum atomic E-state index is 9.56. The van der Waals surface area contributed by atoms with E-state index in [-0.39, 0.29) is 0 Å². The quantitative estimate of drug-likeness (QED) is 0.233. The summed E-state index contributed by atoms with van der Waals surface area (Å²) < 4.78 is 4.74. The monoisotopic (exact) mass is 509 g/mol. The summed E-state index contributed by atoms with van der Waals surface area (Å²) in [6, 6.07) is 51.3. The van der Waals surface area contributed by atoms with E-state index in [2.05, 4.69) is 137 Å². The van der Waals surface area contributed by atoms with Gasteiger partial charge in [0.2, 0.25) is 0 Å². The molecule has 0 aliphatic heterocycles. The molecule has 2 aromatic heterocycles. The van der Waals surface area contributed by atoms with Crippen LogP contribution in [0.1, 0.15) is 5.56 Å². The van der Waals surface area contributed by atoms with Gasteiger partial charge in [-0.2, -0.15) is 5.26 Å². The molecule has 6 aromatic carbocycles. The summed E-state index contributed by atoms with van der Waals surface area (Å²) in [5.74, 6) is 0. The summed E-state index contributed by atoms with van der Waals surface area (Å²) in [5.41, 5.74) is 9.66. The van der Waals surface area contributed by atoms with Crippen LogP contribution in [0.3, 0.4) is 0 Å². The Morgan fingerprint density at radius 2 is 1.02 bits per heavy atom. The van der Waals surface area contributed by atoms with Crippen LogP contribution < -0.4 is 0 Å². The van der Waals surface area contributed by atoms with Crippen molar-refractivity contribution in [3.8, 4) is 28.6 Å². The fourth-order valence-corrected chi connectivity index (χ4v) is 6.23. The molecular formula is C37H23N3. The predicted octanol–water partition coefficient (Wildman–Crippen LogP) is 9.42. The highest BCUT2D eigenvalue weighted by atomic mass is 15.0. The van der Waals surface area contributed by atoms with E-state index in [9.17, 15) is 5.26 Å². The van der Waals surface area contributed by atoms with E-state index >= 15 is 0 Å². The molecule has 2 heterocycles. The van der Waals surface area contributed by atoms with E-state index in [1.165, 1.54) is 32.6 Å². The lowest BCUT2D eigenvalue weighted by molar-refractivity contribution is 1.16. The Morgan fingerprint density at radius 3 is 1.70 bits per heavy atom. The summed E-state index contributed by atoms with van der Waals surface area (Å²) in [7, 11) is 0. The zero-order valence-corrected chi connectivity index (χ0v) is 21.6. The molecule has 3 heteroatoms. The van der Waals surface area contributed by atoms with Crippen molar-refractivity contribution in [3.63, 3.8) is 0 Å². The number of benzene rings is 6. The van der Waals surface area contributed by atoms with Crippen molar-refractivity contribution in [2.75, 3.05) is 0 Å². The molecule has 3 nitrogen and oxygen atoms in total. The Bertz CT molecular complexity index is 2240. The van der Waals surface area contributed by atoms with Gasteiger partial charge in [0.1, 0.15) is 0 Å². The minimum Gasteiger partial charge on any atom is -0.309 e. The van der Waals surface area contributed by atoms with Crippen LogP contribution in [-0.2, 0) is 0 Å². The molecule has 0 bridgehead atoms. The molecule has 186 valence electrons. The zero-order chi connectivity index (χ0) is 26.6. The maximum absolute atomic E-state index is 9.56. The molecule has 8 rings (SSSR count). The van der Waals surface area contributed by atoms with Crippen LogP contribution in [0.25, 0.3) is 66.1 Å². The van der Waals surface area contributed by atoms with Crippen LogP contribution in [0, 0.1) is 11.3 Å². The van der Waals surface area contributed by atoms with Crippen LogP contribution >= 0.6 is 0 Å². The molecule has 0 saturated carbocycles. The maximum Gasteiger partial charge on any atom is 0.0991 e. The van der Waals surface area contributed by atoms with E-state index in [4.69, 9.17) is 0 Å². The Kier molecular flexibility index (Phi) is 4.89. The number of hydrogen-bond donors (Lipinski definition) is 0. The predicted molar refractivity (Wildman–Crippen MR) is 165 cm³/mol. The molecule has 0 spiro atoms. The summed E-state index contributed by atoms with van der Waals surface area (Å²) in [6.45, 7) is 0. The Balaban J connectivity index is 1.46.